The third kappa shape index (κ3) is 2.99. The van der Waals surface area contributed by atoms with Gasteiger partial charge in [0.25, 0.3) is 0 Å². The van der Waals surface area contributed by atoms with Gasteiger partial charge in [0.2, 0.25) is 0 Å². The maximum atomic E-state index is 11.1. The number of aromatic carboxylic acids is 1. The average molecular weight is 311 g/mol. The van der Waals surface area contributed by atoms with Gasteiger partial charge in [-0.05, 0) is 31.2 Å². The number of phenolic OH excluding ortho intramolecular Hbond substituents is 1. The molecule has 5 nitrogen and oxygen atoms in total. The van der Waals surface area contributed by atoms with Gasteiger partial charge in [-0.2, -0.15) is 0 Å². The number of benzene rings is 2. The lowest BCUT2D eigenvalue weighted by Crippen LogP contribution is -1.97. The summed E-state index contributed by atoms with van der Waals surface area (Å²) in [4.78, 5) is 11.1. The number of hydrogen-bond donors (Lipinski definition) is 2. The predicted molar refractivity (Wildman–Crippen MR) is 87.0 cm³/mol. The maximum absolute atomic E-state index is 11.1. The molecule has 0 radical (unpaired) electrons. The number of aromatic hydroxyl groups is 1. The van der Waals surface area contributed by atoms with Crippen LogP contribution >= 0.6 is 0 Å². The van der Waals surface area contributed by atoms with E-state index >= 15 is 0 Å². The van der Waals surface area contributed by atoms with Gasteiger partial charge in [-0.3, -0.25) is 0 Å². The summed E-state index contributed by atoms with van der Waals surface area (Å²) in [5.74, 6) is -0.192. The fourth-order valence-electron chi connectivity index (χ4n) is 2.61. The molecule has 1 heterocycles. The number of hydrogen-bond acceptors (Lipinski definition) is 3. The summed E-state index contributed by atoms with van der Waals surface area (Å²) in [6.45, 7) is 3.10. The van der Waals surface area contributed by atoms with E-state index in [1.807, 2.05) is 23.8 Å². The number of carboxylic acids is 1. The van der Waals surface area contributed by atoms with Gasteiger partial charge in [-0.15, -0.1) is 0 Å². The summed E-state index contributed by atoms with van der Waals surface area (Å²) in [6, 6.07) is 11.7. The zero-order valence-electron chi connectivity index (χ0n) is 12.7. The van der Waals surface area contributed by atoms with E-state index in [-0.39, 0.29) is 11.3 Å². The van der Waals surface area contributed by atoms with Crippen LogP contribution in [0.25, 0.3) is 10.9 Å². The van der Waals surface area contributed by atoms with Crippen LogP contribution in [-0.4, -0.2) is 20.7 Å². The van der Waals surface area contributed by atoms with Crippen LogP contribution in [-0.2, 0) is 13.2 Å². The van der Waals surface area contributed by atoms with Gasteiger partial charge in [0.05, 0.1) is 5.56 Å². The van der Waals surface area contributed by atoms with Crippen LogP contribution in [0.3, 0.4) is 0 Å². The number of fused-ring (bicyclic) bond motifs is 1. The van der Waals surface area contributed by atoms with Crippen molar-refractivity contribution in [2.75, 3.05) is 0 Å². The Labute approximate surface area is 133 Å². The zero-order chi connectivity index (χ0) is 16.4. The van der Waals surface area contributed by atoms with Crippen molar-refractivity contribution >= 4 is 16.9 Å². The van der Waals surface area contributed by atoms with Crippen LogP contribution < -0.4 is 4.74 Å². The van der Waals surface area contributed by atoms with E-state index in [1.165, 1.54) is 0 Å². The number of nitrogens with zero attached hydrogens (tertiary/aromatic N) is 1. The van der Waals surface area contributed by atoms with Crippen LogP contribution in [0.4, 0.5) is 0 Å². The van der Waals surface area contributed by atoms with Gasteiger partial charge in [0, 0.05) is 35.3 Å². The third-order valence-electron chi connectivity index (χ3n) is 3.76. The maximum Gasteiger partial charge on any atom is 0.335 e. The van der Waals surface area contributed by atoms with Crippen molar-refractivity contribution in [3.8, 4) is 11.5 Å². The van der Waals surface area contributed by atoms with Crippen molar-refractivity contribution in [2.45, 2.75) is 20.1 Å². The first-order chi connectivity index (χ1) is 11.1. The molecular weight excluding hydrogens is 294 g/mol. The SMILES string of the molecule is CCn1cc(COc2cccc(O)c2)c2ccc(C(=O)O)cc21. The first-order valence-corrected chi connectivity index (χ1v) is 7.35. The number of carbonyl (C=O) groups is 1. The third-order valence-corrected chi connectivity index (χ3v) is 3.76. The minimum Gasteiger partial charge on any atom is -0.508 e. The van der Waals surface area contributed by atoms with Gasteiger partial charge in [-0.25, -0.2) is 4.79 Å². The van der Waals surface area contributed by atoms with Crippen molar-refractivity contribution in [3.63, 3.8) is 0 Å². The largest absolute Gasteiger partial charge is 0.508 e. The van der Waals surface area contributed by atoms with Crippen molar-refractivity contribution in [2.24, 2.45) is 0 Å². The molecule has 2 N–H and O–H groups in total. The van der Waals surface area contributed by atoms with E-state index in [2.05, 4.69) is 0 Å². The molecule has 2 aromatic carbocycles. The van der Waals surface area contributed by atoms with Crippen molar-refractivity contribution in [1.29, 1.82) is 0 Å². The number of aromatic nitrogens is 1. The summed E-state index contributed by atoms with van der Waals surface area (Å²) in [5, 5.41) is 19.6. The minimum atomic E-state index is -0.937. The van der Waals surface area contributed by atoms with Crippen LogP contribution in [0.2, 0.25) is 0 Å². The molecule has 0 aliphatic carbocycles. The first kappa shape index (κ1) is 15.0. The normalized spacial score (nSPS) is 10.8. The monoisotopic (exact) mass is 311 g/mol. The zero-order valence-corrected chi connectivity index (χ0v) is 12.7. The number of carboxylic acid groups (broad SMARTS) is 1. The summed E-state index contributed by atoms with van der Waals surface area (Å²) in [5.41, 5.74) is 2.12. The molecule has 0 unspecified atom stereocenters. The molecule has 3 rings (SSSR count). The second kappa shape index (κ2) is 6.04. The molecular formula is C18H17NO4. The molecule has 0 fully saturated rings. The molecule has 0 amide bonds. The van der Waals surface area contributed by atoms with Gasteiger partial charge >= 0.3 is 5.97 Å². The Morgan fingerprint density at radius 2 is 2.04 bits per heavy atom. The highest BCUT2D eigenvalue weighted by Crippen LogP contribution is 2.25. The molecule has 5 heteroatoms. The van der Waals surface area contributed by atoms with Crippen LogP contribution in [0.15, 0.2) is 48.7 Å². The molecule has 0 aliphatic rings. The molecule has 0 saturated heterocycles. The summed E-state index contributed by atoms with van der Waals surface area (Å²) in [7, 11) is 0. The Kier molecular flexibility index (Phi) is 3.93. The van der Waals surface area contributed by atoms with E-state index in [1.54, 1.807) is 36.4 Å². The van der Waals surface area contributed by atoms with Gasteiger partial charge in [0.15, 0.2) is 0 Å². The topological polar surface area (TPSA) is 71.7 Å². The minimum absolute atomic E-state index is 0.157. The molecule has 0 atom stereocenters. The van der Waals surface area contributed by atoms with Crippen molar-refractivity contribution < 1.29 is 19.7 Å². The number of aryl methyl sites for hydroxylation is 1. The molecule has 1 aromatic heterocycles. The Morgan fingerprint density at radius 1 is 1.22 bits per heavy atom. The molecule has 118 valence electrons. The summed E-state index contributed by atoms with van der Waals surface area (Å²) >= 11 is 0. The van der Waals surface area contributed by atoms with E-state index in [4.69, 9.17) is 9.84 Å². The fraction of sp³-hybridized carbons (Fsp3) is 0.167. The van der Waals surface area contributed by atoms with E-state index in [0.717, 1.165) is 23.0 Å². The van der Waals surface area contributed by atoms with Gasteiger partial charge in [0.1, 0.15) is 18.1 Å². The first-order valence-electron chi connectivity index (χ1n) is 7.35. The Hall–Kier alpha value is -2.95. The van der Waals surface area contributed by atoms with Crippen LogP contribution in [0.5, 0.6) is 11.5 Å². The standard InChI is InChI=1S/C18H17NO4/c1-2-19-10-13(11-23-15-5-3-4-14(20)9-15)16-7-6-12(18(21)22)8-17(16)19/h3-10,20H,2,11H2,1H3,(H,21,22). The van der Waals surface area contributed by atoms with E-state index in [0.29, 0.717) is 12.4 Å². The van der Waals surface area contributed by atoms with E-state index < -0.39 is 5.97 Å². The molecule has 0 aliphatic heterocycles. The van der Waals surface area contributed by atoms with Gasteiger partial charge in [-0.1, -0.05) is 12.1 Å². The molecule has 23 heavy (non-hydrogen) atoms. The van der Waals surface area contributed by atoms with E-state index in [9.17, 15) is 9.90 Å². The van der Waals surface area contributed by atoms with Crippen molar-refractivity contribution in [3.05, 3.63) is 59.8 Å². The molecule has 0 bridgehead atoms. The second-order valence-electron chi connectivity index (χ2n) is 5.26. The molecule has 0 spiro atoms. The number of rotatable bonds is 5. The Bertz CT molecular complexity index is 867. The highest BCUT2D eigenvalue weighted by Gasteiger charge is 2.11. The summed E-state index contributed by atoms with van der Waals surface area (Å²) in [6.07, 6.45) is 1.97. The lowest BCUT2D eigenvalue weighted by Gasteiger charge is -2.05. The Morgan fingerprint density at radius 3 is 2.74 bits per heavy atom. The quantitative estimate of drug-likeness (QED) is 0.754. The molecule has 3 aromatic rings. The smallest absolute Gasteiger partial charge is 0.335 e. The number of phenols is 1. The lowest BCUT2D eigenvalue weighted by atomic mass is 10.1. The molecule has 0 saturated carbocycles. The average Bonchev–Trinajstić information content (AvgIpc) is 2.90. The van der Waals surface area contributed by atoms with Crippen LogP contribution in [0.1, 0.15) is 22.8 Å². The lowest BCUT2D eigenvalue weighted by molar-refractivity contribution is 0.0697. The van der Waals surface area contributed by atoms with Crippen LogP contribution in [0, 0.1) is 0 Å². The van der Waals surface area contributed by atoms with Crippen molar-refractivity contribution in [1.82, 2.24) is 4.57 Å². The fourth-order valence-corrected chi connectivity index (χ4v) is 2.61. The number of ether oxygens (including phenoxy) is 1. The highest BCUT2D eigenvalue weighted by atomic mass is 16.5. The summed E-state index contributed by atoms with van der Waals surface area (Å²) < 4.78 is 7.73. The second-order valence-corrected chi connectivity index (χ2v) is 5.26. The highest BCUT2D eigenvalue weighted by molar-refractivity contribution is 5.94. The Balaban J connectivity index is 1.93. The predicted octanol–water partition coefficient (Wildman–Crippen LogP) is 3.64. The van der Waals surface area contributed by atoms with Gasteiger partial charge < -0.3 is 19.5 Å².